The van der Waals surface area contributed by atoms with Crippen molar-refractivity contribution >= 4 is 35.0 Å². The molecular weight excluding hydrogens is 737 g/mol. The van der Waals surface area contributed by atoms with Crippen molar-refractivity contribution in [3.05, 3.63) is 87.6 Å². The van der Waals surface area contributed by atoms with Gasteiger partial charge in [-0.2, -0.15) is 0 Å². The normalized spacial score (nSPS) is 23.7. The lowest BCUT2D eigenvalue weighted by atomic mass is 9.37. The Kier molecular flexibility index (Phi) is 16.4. The molecule has 2 fully saturated rings. The van der Waals surface area contributed by atoms with E-state index in [4.69, 9.17) is 14.2 Å². The first-order chi connectivity index (χ1) is 27.2. The van der Waals surface area contributed by atoms with Crippen molar-refractivity contribution in [2.24, 2.45) is 22.2 Å². The summed E-state index contributed by atoms with van der Waals surface area (Å²) in [5.74, 6) is -4.91. The number of esters is 1. The summed E-state index contributed by atoms with van der Waals surface area (Å²) in [5.41, 5.74) is 0.585. The number of methoxy groups -OCH3 is 1. The van der Waals surface area contributed by atoms with E-state index in [1.54, 1.807) is 0 Å². The highest BCUT2D eigenvalue weighted by Gasteiger charge is 2.74. The van der Waals surface area contributed by atoms with Crippen LogP contribution in [-0.4, -0.2) is 59.8 Å². The minimum absolute atomic E-state index is 0.0147. The second kappa shape index (κ2) is 20.1. The SMILES string of the molecule is COC(=O)COc1cc(C(O)=C2C(=O)[C@]3(CC=C(C)C)C[C@@H](C/C=C(\C)CCC=C(C)C)[C@](C)(CCC=C(C)C)[C@](CC=C(C)C)(C2=O)C3=O)ccc1OCC(=O)O. The molecule has 10 heteroatoms. The lowest BCUT2D eigenvalue weighted by molar-refractivity contribution is -0.178. The molecule has 3 rings (SSSR count). The minimum Gasteiger partial charge on any atom is -0.506 e. The molecule has 0 spiro atoms. The molecule has 1 aromatic carbocycles. The minimum atomic E-state index is -1.71. The number of rotatable bonds is 19. The third-order valence-electron chi connectivity index (χ3n) is 11.7. The Balaban J connectivity index is 2.45. The third-order valence-corrected chi connectivity index (χ3v) is 11.7. The number of carbonyl (C=O) groups excluding carboxylic acids is 4. The Bertz CT molecular complexity index is 1940. The smallest absolute Gasteiger partial charge is 0.343 e. The van der Waals surface area contributed by atoms with Crippen molar-refractivity contribution in [3.8, 4) is 11.5 Å². The number of carbonyl (C=O) groups is 5. The van der Waals surface area contributed by atoms with Crippen LogP contribution in [0, 0.1) is 22.2 Å². The van der Waals surface area contributed by atoms with E-state index < -0.39 is 70.1 Å². The zero-order valence-electron chi connectivity index (χ0n) is 36.4. The molecule has 2 aliphatic rings. The molecule has 2 saturated carbocycles. The van der Waals surface area contributed by atoms with E-state index in [9.17, 15) is 19.8 Å². The zero-order valence-corrected chi connectivity index (χ0v) is 36.4. The van der Waals surface area contributed by atoms with Gasteiger partial charge in [0.25, 0.3) is 0 Å². The standard InChI is InChI=1S/C48H64O10/c1-30(2)14-12-16-34(9)17-19-36-27-47(24-21-32(5)6)43(53)41(42(52)35-18-20-37(57-28-39(49)50)38(26-35)58-29-40(51)56-11)44(54)48(45(47)55,25-22-33(7)8)46(36,10)23-13-15-31(3)4/h14-15,17-18,20-22,26,36,52H,12-13,16,19,23-25,27-29H2,1-11H3,(H,49,50)/b34-17+,42-41?/t36-,46+,47+,48-/m1/s1. The number of aliphatic hydroxyl groups excluding tert-OH is 1. The highest BCUT2D eigenvalue weighted by molar-refractivity contribution is 6.41. The molecule has 2 aliphatic carbocycles. The number of carboxylic acids is 1. The molecule has 0 amide bonds. The molecule has 0 saturated heterocycles. The number of Topliss-reactive ketones (excluding diaryl/α,β-unsaturated/α-hetero) is 3. The topological polar surface area (TPSA) is 154 Å². The van der Waals surface area contributed by atoms with Crippen LogP contribution in [-0.2, 0) is 28.7 Å². The first kappa shape index (κ1) is 47.4. The quantitative estimate of drug-likeness (QED) is 0.0345. The summed E-state index contributed by atoms with van der Waals surface area (Å²) in [4.78, 5) is 69.9. The number of allylic oxidation sites excluding steroid dienone is 11. The maximum absolute atomic E-state index is 15.6. The fraction of sp³-hybridized carbons (Fsp3) is 0.521. The van der Waals surface area contributed by atoms with E-state index >= 15 is 14.4 Å². The van der Waals surface area contributed by atoms with Gasteiger partial charge in [-0.05, 0) is 143 Å². The predicted octanol–water partition coefficient (Wildman–Crippen LogP) is 10.2. The summed E-state index contributed by atoms with van der Waals surface area (Å²) in [5, 5.41) is 21.5. The van der Waals surface area contributed by atoms with Crippen LogP contribution >= 0.6 is 0 Å². The molecule has 10 nitrogen and oxygen atoms in total. The van der Waals surface area contributed by atoms with E-state index in [2.05, 4.69) is 39.0 Å². The van der Waals surface area contributed by atoms with Crippen molar-refractivity contribution < 1.29 is 48.4 Å². The van der Waals surface area contributed by atoms with Crippen molar-refractivity contribution in [2.75, 3.05) is 20.3 Å². The molecule has 0 radical (unpaired) electrons. The van der Waals surface area contributed by atoms with E-state index in [1.807, 2.05) is 60.6 Å². The summed E-state index contributed by atoms with van der Waals surface area (Å²) >= 11 is 0. The van der Waals surface area contributed by atoms with E-state index in [0.717, 1.165) is 29.6 Å². The Hall–Kier alpha value is -4.99. The Morgan fingerprint density at radius 2 is 1.34 bits per heavy atom. The summed E-state index contributed by atoms with van der Waals surface area (Å²) in [6.07, 6.45) is 14.0. The van der Waals surface area contributed by atoms with Gasteiger partial charge >= 0.3 is 11.9 Å². The van der Waals surface area contributed by atoms with Gasteiger partial charge < -0.3 is 24.4 Å². The average molecular weight is 801 g/mol. The van der Waals surface area contributed by atoms with Crippen LogP contribution in [0.25, 0.3) is 5.76 Å². The second-order valence-electron chi connectivity index (χ2n) is 17.1. The monoisotopic (exact) mass is 800 g/mol. The molecule has 0 heterocycles. The highest BCUT2D eigenvalue weighted by Crippen LogP contribution is 2.67. The number of ketones is 3. The van der Waals surface area contributed by atoms with Gasteiger partial charge in [0.2, 0.25) is 0 Å². The largest absolute Gasteiger partial charge is 0.506 e. The van der Waals surface area contributed by atoms with E-state index in [0.29, 0.717) is 19.3 Å². The third kappa shape index (κ3) is 10.5. The summed E-state index contributed by atoms with van der Waals surface area (Å²) in [6, 6.07) is 3.98. The van der Waals surface area contributed by atoms with Crippen molar-refractivity contribution in [1.82, 2.24) is 0 Å². The number of carboxylic acid groups (broad SMARTS) is 1. The van der Waals surface area contributed by atoms with Gasteiger partial charge in [0.05, 0.1) is 12.5 Å². The van der Waals surface area contributed by atoms with Crippen LogP contribution < -0.4 is 9.47 Å². The number of benzene rings is 1. The number of ether oxygens (including phenoxy) is 3. The Labute approximate surface area is 344 Å². The van der Waals surface area contributed by atoms with Gasteiger partial charge in [0.15, 0.2) is 42.1 Å². The molecule has 0 aromatic heterocycles. The summed E-state index contributed by atoms with van der Waals surface area (Å²) in [6.45, 7) is 18.6. The molecular formula is C48H64O10. The summed E-state index contributed by atoms with van der Waals surface area (Å²) < 4.78 is 15.7. The molecule has 1 aromatic rings. The van der Waals surface area contributed by atoms with Crippen LogP contribution in [0.5, 0.6) is 11.5 Å². The van der Waals surface area contributed by atoms with Gasteiger partial charge in [-0.15, -0.1) is 0 Å². The molecule has 0 unspecified atom stereocenters. The van der Waals surface area contributed by atoms with Crippen molar-refractivity contribution in [1.29, 1.82) is 0 Å². The Morgan fingerprint density at radius 1 is 0.759 bits per heavy atom. The molecule has 0 aliphatic heterocycles. The van der Waals surface area contributed by atoms with Crippen molar-refractivity contribution in [2.45, 2.75) is 121 Å². The molecule has 316 valence electrons. The highest BCUT2D eigenvalue weighted by atomic mass is 16.6. The van der Waals surface area contributed by atoms with Gasteiger partial charge in [0.1, 0.15) is 16.7 Å². The van der Waals surface area contributed by atoms with Gasteiger partial charge in [-0.1, -0.05) is 65.2 Å². The lowest BCUT2D eigenvalue weighted by Gasteiger charge is -2.61. The predicted molar refractivity (Wildman–Crippen MR) is 227 cm³/mol. The number of aliphatic carboxylic acids is 1. The number of fused-ring (bicyclic) bond motifs is 2. The van der Waals surface area contributed by atoms with Gasteiger partial charge in [-0.3, -0.25) is 14.4 Å². The van der Waals surface area contributed by atoms with E-state index in [1.165, 1.54) is 36.5 Å². The van der Waals surface area contributed by atoms with Gasteiger partial charge in [-0.25, -0.2) is 9.59 Å². The first-order valence-electron chi connectivity index (χ1n) is 20.1. The Morgan fingerprint density at radius 3 is 1.93 bits per heavy atom. The second-order valence-corrected chi connectivity index (χ2v) is 17.1. The summed E-state index contributed by atoms with van der Waals surface area (Å²) in [7, 11) is 1.18. The maximum atomic E-state index is 15.6. The lowest BCUT2D eigenvalue weighted by Crippen LogP contribution is -2.70. The molecule has 4 atom stereocenters. The van der Waals surface area contributed by atoms with Crippen molar-refractivity contribution in [3.63, 3.8) is 0 Å². The van der Waals surface area contributed by atoms with Crippen LogP contribution in [0.2, 0.25) is 0 Å². The fourth-order valence-corrected chi connectivity index (χ4v) is 8.33. The number of hydrogen-bond acceptors (Lipinski definition) is 9. The molecule has 2 bridgehead atoms. The number of hydrogen-bond donors (Lipinski definition) is 2. The molecule has 2 N–H and O–H groups in total. The van der Waals surface area contributed by atoms with Crippen LogP contribution in [0.4, 0.5) is 0 Å². The van der Waals surface area contributed by atoms with Crippen LogP contribution in [0.1, 0.15) is 126 Å². The fourth-order valence-electron chi connectivity index (χ4n) is 8.33. The molecule has 58 heavy (non-hydrogen) atoms. The zero-order chi connectivity index (χ0) is 43.6. The van der Waals surface area contributed by atoms with Crippen LogP contribution in [0.15, 0.2) is 82.0 Å². The number of aliphatic hydroxyl groups is 1. The first-order valence-corrected chi connectivity index (χ1v) is 20.1. The van der Waals surface area contributed by atoms with E-state index in [-0.39, 0.29) is 42.2 Å². The van der Waals surface area contributed by atoms with Gasteiger partial charge in [0, 0.05) is 5.56 Å². The maximum Gasteiger partial charge on any atom is 0.343 e. The van der Waals surface area contributed by atoms with Crippen LogP contribution in [0.3, 0.4) is 0 Å². The average Bonchev–Trinajstić information content (AvgIpc) is 3.14.